The predicted octanol–water partition coefficient (Wildman–Crippen LogP) is 3.60. The predicted molar refractivity (Wildman–Crippen MR) is 99.9 cm³/mol. The van der Waals surface area contributed by atoms with E-state index in [9.17, 15) is 13.2 Å². The highest BCUT2D eigenvalue weighted by atomic mass is 32.2. The third-order valence-electron chi connectivity index (χ3n) is 3.57. The summed E-state index contributed by atoms with van der Waals surface area (Å²) in [5.74, 6) is -0.526. The average Bonchev–Trinajstić information content (AvgIpc) is 2.60. The van der Waals surface area contributed by atoms with Crippen molar-refractivity contribution in [3.8, 4) is 5.75 Å². The zero-order valence-corrected chi connectivity index (χ0v) is 14.9. The molecule has 0 bridgehead atoms. The highest BCUT2D eigenvalue weighted by Crippen LogP contribution is 2.15. The summed E-state index contributed by atoms with van der Waals surface area (Å²) in [6.45, 7) is 0.376. The lowest BCUT2D eigenvalue weighted by atomic mass is 10.1. The molecule has 6 nitrogen and oxygen atoms in total. The van der Waals surface area contributed by atoms with Gasteiger partial charge in [-0.25, -0.2) is 4.79 Å². The number of unbranched alkanes of at least 4 members (excludes halogenated alkanes) is 1. The molecule has 0 aliphatic rings. The van der Waals surface area contributed by atoms with Crippen molar-refractivity contribution in [2.45, 2.75) is 12.8 Å². The molecule has 0 atom stereocenters. The van der Waals surface area contributed by atoms with E-state index in [4.69, 9.17) is 14.4 Å². The first kappa shape index (κ1) is 19.7. The number of carboxylic acid groups (broad SMARTS) is 1. The molecule has 0 aromatic heterocycles. The fourth-order valence-corrected chi connectivity index (χ4v) is 2.75. The summed E-state index contributed by atoms with van der Waals surface area (Å²) in [5.41, 5.74) is 2.11. The minimum atomic E-state index is -3.90. The molecule has 0 amide bonds. The topological polar surface area (TPSA) is 101 Å². The molecule has 2 rings (SSSR count). The van der Waals surface area contributed by atoms with Gasteiger partial charge in [0, 0.05) is 0 Å². The van der Waals surface area contributed by atoms with Gasteiger partial charge in [-0.3, -0.25) is 4.55 Å². The summed E-state index contributed by atoms with van der Waals surface area (Å²) < 4.78 is 35.3. The normalized spacial score (nSPS) is 11.6. The van der Waals surface area contributed by atoms with Crippen molar-refractivity contribution in [2.75, 3.05) is 12.4 Å². The van der Waals surface area contributed by atoms with Crippen LogP contribution in [0.1, 0.15) is 34.3 Å². The summed E-state index contributed by atoms with van der Waals surface area (Å²) >= 11 is 0. The van der Waals surface area contributed by atoms with Gasteiger partial charge in [0.1, 0.15) is 5.75 Å². The van der Waals surface area contributed by atoms with Gasteiger partial charge < -0.3 is 9.84 Å². The van der Waals surface area contributed by atoms with Gasteiger partial charge in [-0.15, -0.1) is 0 Å². The van der Waals surface area contributed by atoms with E-state index in [-0.39, 0.29) is 11.3 Å². The van der Waals surface area contributed by atoms with E-state index in [1.807, 2.05) is 36.4 Å². The molecule has 2 N–H and O–H groups in total. The number of carbonyl (C=O) groups is 1. The van der Waals surface area contributed by atoms with E-state index in [1.165, 1.54) is 0 Å². The van der Waals surface area contributed by atoms with Crippen LogP contribution in [0, 0.1) is 0 Å². The molecule has 26 heavy (non-hydrogen) atoms. The molecule has 0 aliphatic carbocycles. The Balaban J connectivity index is 1.82. The fourth-order valence-electron chi connectivity index (χ4n) is 2.18. The Hall–Kier alpha value is -2.64. The summed E-state index contributed by atoms with van der Waals surface area (Å²) in [6.07, 6.45) is 4.68. The quantitative estimate of drug-likeness (QED) is 0.394. The largest absolute Gasteiger partial charge is 0.494 e. The minimum absolute atomic E-state index is 0.250. The first-order valence-corrected chi connectivity index (χ1v) is 9.64. The summed E-state index contributed by atoms with van der Waals surface area (Å²) in [4.78, 5) is 10.8. The SMILES string of the molecule is O=C(O)c1ccc(C=Cc2ccc(OCCCCS(=O)(=O)O)cc2)cc1. The minimum Gasteiger partial charge on any atom is -0.494 e. The number of carboxylic acids is 1. The molecule has 2 aromatic rings. The van der Waals surface area contributed by atoms with E-state index in [1.54, 1.807) is 24.3 Å². The highest BCUT2D eigenvalue weighted by Gasteiger charge is 2.03. The van der Waals surface area contributed by atoms with E-state index in [0.29, 0.717) is 25.2 Å². The van der Waals surface area contributed by atoms with Crippen LogP contribution in [0.5, 0.6) is 5.75 Å². The lowest BCUT2D eigenvalue weighted by Gasteiger charge is -2.06. The second-order valence-corrected chi connectivity index (χ2v) is 7.24. The maximum absolute atomic E-state index is 10.8. The molecule has 0 saturated heterocycles. The van der Waals surface area contributed by atoms with Gasteiger partial charge in [-0.1, -0.05) is 36.4 Å². The number of hydrogen-bond donors (Lipinski definition) is 2. The van der Waals surface area contributed by atoms with Crippen LogP contribution in [0.4, 0.5) is 0 Å². The van der Waals surface area contributed by atoms with Crippen LogP contribution < -0.4 is 4.74 Å². The third kappa shape index (κ3) is 7.08. The molecule has 7 heteroatoms. The van der Waals surface area contributed by atoms with Gasteiger partial charge in [-0.05, 0) is 48.2 Å². The number of rotatable bonds is 9. The smallest absolute Gasteiger partial charge is 0.335 e. The molecular formula is C19H20O6S. The van der Waals surface area contributed by atoms with Gasteiger partial charge in [0.15, 0.2) is 0 Å². The van der Waals surface area contributed by atoms with Gasteiger partial charge in [0.2, 0.25) is 0 Å². The zero-order chi connectivity index (χ0) is 19.0. The van der Waals surface area contributed by atoms with Gasteiger partial charge in [-0.2, -0.15) is 8.42 Å². The van der Waals surface area contributed by atoms with E-state index < -0.39 is 16.1 Å². The molecule has 0 saturated carbocycles. The summed E-state index contributed by atoms with van der Waals surface area (Å²) in [6, 6.07) is 14.0. The van der Waals surface area contributed by atoms with Gasteiger partial charge >= 0.3 is 5.97 Å². The molecular weight excluding hydrogens is 356 g/mol. The first-order valence-electron chi connectivity index (χ1n) is 8.03. The van der Waals surface area contributed by atoms with Crippen LogP contribution in [0.25, 0.3) is 12.2 Å². The van der Waals surface area contributed by atoms with Crippen LogP contribution in [0.15, 0.2) is 48.5 Å². The second kappa shape index (κ2) is 9.17. The molecule has 138 valence electrons. The molecule has 0 unspecified atom stereocenters. The van der Waals surface area contributed by atoms with Crippen molar-refractivity contribution < 1.29 is 27.6 Å². The van der Waals surface area contributed by atoms with Gasteiger partial charge in [0.05, 0.1) is 17.9 Å². The number of aromatic carboxylic acids is 1. The Morgan fingerprint density at radius 2 is 1.46 bits per heavy atom. The molecule has 0 spiro atoms. The molecule has 0 heterocycles. The first-order chi connectivity index (χ1) is 12.3. The Labute approximate surface area is 152 Å². The van der Waals surface area contributed by atoms with Crippen molar-refractivity contribution in [3.05, 3.63) is 65.2 Å². The molecule has 0 fully saturated rings. The van der Waals surface area contributed by atoms with Crippen LogP contribution in [0.2, 0.25) is 0 Å². The van der Waals surface area contributed by atoms with Crippen LogP contribution >= 0.6 is 0 Å². The second-order valence-electron chi connectivity index (χ2n) is 5.67. The van der Waals surface area contributed by atoms with Crippen molar-refractivity contribution >= 4 is 28.2 Å². The number of benzene rings is 2. The Bertz CT molecular complexity index is 852. The Kier molecular flexibility index (Phi) is 6.94. The number of hydrogen-bond acceptors (Lipinski definition) is 4. The Morgan fingerprint density at radius 3 is 1.96 bits per heavy atom. The Morgan fingerprint density at radius 1 is 0.923 bits per heavy atom. The monoisotopic (exact) mass is 376 g/mol. The lowest BCUT2D eigenvalue weighted by Crippen LogP contribution is -2.06. The van der Waals surface area contributed by atoms with E-state index >= 15 is 0 Å². The van der Waals surface area contributed by atoms with Crippen molar-refractivity contribution in [1.29, 1.82) is 0 Å². The average molecular weight is 376 g/mol. The lowest BCUT2D eigenvalue weighted by molar-refractivity contribution is 0.0697. The maximum Gasteiger partial charge on any atom is 0.335 e. The van der Waals surface area contributed by atoms with Gasteiger partial charge in [0.25, 0.3) is 10.1 Å². The standard InChI is InChI=1S/C19H20O6S/c20-19(21)17-9-5-15(6-10-17)3-4-16-7-11-18(12-8-16)25-13-1-2-14-26(22,23)24/h3-12H,1-2,13-14H2,(H,20,21)(H,22,23,24). The molecule has 0 aliphatic heterocycles. The number of ether oxygens (including phenoxy) is 1. The van der Waals surface area contributed by atoms with E-state index in [2.05, 4.69) is 0 Å². The van der Waals surface area contributed by atoms with E-state index in [0.717, 1.165) is 11.1 Å². The van der Waals surface area contributed by atoms with Crippen LogP contribution in [0.3, 0.4) is 0 Å². The summed E-state index contributed by atoms with van der Waals surface area (Å²) in [5, 5.41) is 8.87. The van der Waals surface area contributed by atoms with Crippen molar-refractivity contribution in [1.82, 2.24) is 0 Å². The zero-order valence-electron chi connectivity index (χ0n) is 14.0. The van der Waals surface area contributed by atoms with Crippen molar-refractivity contribution in [2.24, 2.45) is 0 Å². The summed E-state index contributed by atoms with van der Waals surface area (Å²) in [7, 11) is -3.90. The van der Waals surface area contributed by atoms with Crippen molar-refractivity contribution in [3.63, 3.8) is 0 Å². The third-order valence-corrected chi connectivity index (χ3v) is 4.38. The molecule has 2 aromatic carbocycles. The van der Waals surface area contributed by atoms with Crippen LogP contribution in [-0.4, -0.2) is 36.4 Å². The molecule has 0 radical (unpaired) electrons. The maximum atomic E-state index is 10.8. The highest BCUT2D eigenvalue weighted by molar-refractivity contribution is 7.85. The fraction of sp³-hybridized carbons (Fsp3) is 0.211. The van der Waals surface area contributed by atoms with Crippen LogP contribution in [-0.2, 0) is 10.1 Å².